The van der Waals surface area contributed by atoms with Crippen molar-refractivity contribution in [3.05, 3.63) is 72.0 Å². The van der Waals surface area contributed by atoms with Crippen molar-refractivity contribution >= 4 is 56.1 Å². The first kappa shape index (κ1) is 23.0. The van der Waals surface area contributed by atoms with Crippen molar-refractivity contribution in [2.75, 3.05) is 11.9 Å². The first-order valence-electron chi connectivity index (χ1n) is 8.94. The van der Waals surface area contributed by atoms with Crippen LogP contribution in [-0.2, 0) is 19.6 Å². The Balaban J connectivity index is 1.78. The summed E-state index contributed by atoms with van der Waals surface area (Å²) in [6.45, 7) is 3.59. The molecule has 162 valence electrons. The Bertz CT molecular complexity index is 1140. The zero-order valence-corrected chi connectivity index (χ0v) is 18.4. The van der Waals surface area contributed by atoms with Crippen molar-refractivity contribution in [3.63, 3.8) is 0 Å². The molecule has 11 heteroatoms. The van der Waals surface area contributed by atoms with Crippen LogP contribution >= 0.6 is 23.4 Å². The fourth-order valence-electron chi connectivity index (χ4n) is 2.68. The molecule has 1 fully saturated rings. The third-order valence-corrected chi connectivity index (χ3v) is 6.96. The monoisotopic (exact) mass is 481 g/mol. The van der Waals surface area contributed by atoms with E-state index in [-0.39, 0.29) is 23.0 Å². The maximum absolute atomic E-state index is 13.1. The van der Waals surface area contributed by atoms with Gasteiger partial charge in [-0.3, -0.25) is 14.5 Å². The van der Waals surface area contributed by atoms with Gasteiger partial charge >= 0.3 is 0 Å². The van der Waals surface area contributed by atoms with Gasteiger partial charge in [0.25, 0.3) is 10.0 Å². The van der Waals surface area contributed by atoms with Crippen LogP contribution in [0.1, 0.15) is 6.42 Å². The number of rotatable bonds is 7. The fourth-order valence-corrected chi connectivity index (χ4v) is 5.17. The van der Waals surface area contributed by atoms with Gasteiger partial charge in [-0.1, -0.05) is 29.4 Å². The molecule has 0 unspecified atom stereocenters. The van der Waals surface area contributed by atoms with Gasteiger partial charge in [0.1, 0.15) is 11.1 Å². The van der Waals surface area contributed by atoms with Gasteiger partial charge in [-0.25, -0.2) is 4.39 Å². The largest absolute Gasteiger partial charge is 0.326 e. The summed E-state index contributed by atoms with van der Waals surface area (Å²) in [5.41, 5.74) is 0.514. The molecule has 0 saturated carbocycles. The average molecular weight is 482 g/mol. The Morgan fingerprint density at radius 3 is 2.48 bits per heavy atom. The van der Waals surface area contributed by atoms with E-state index in [4.69, 9.17) is 11.6 Å². The Labute approximate surface area is 188 Å². The summed E-state index contributed by atoms with van der Waals surface area (Å²) in [5, 5.41) is 2.26. The van der Waals surface area contributed by atoms with Crippen molar-refractivity contribution < 1.29 is 22.4 Å². The van der Waals surface area contributed by atoms with Crippen LogP contribution in [0.2, 0.25) is 5.02 Å². The lowest BCUT2D eigenvalue weighted by atomic mass is 10.2. The minimum absolute atomic E-state index is 0.0267. The third-order valence-electron chi connectivity index (χ3n) is 4.14. The normalized spacial score (nSPS) is 17.7. The molecule has 2 aromatic rings. The highest BCUT2D eigenvalue weighted by atomic mass is 35.5. The number of sulfonamides is 1. The predicted octanol–water partition coefficient (Wildman–Crippen LogP) is 3.68. The molecule has 1 N–H and O–H groups in total. The lowest BCUT2D eigenvalue weighted by Crippen LogP contribution is -2.33. The molecular weight excluding hydrogens is 465 g/mol. The zero-order chi connectivity index (χ0) is 22.6. The summed E-state index contributed by atoms with van der Waals surface area (Å²) < 4.78 is 42.0. The van der Waals surface area contributed by atoms with Crippen molar-refractivity contribution in [1.82, 2.24) is 4.90 Å². The molecule has 0 bridgehead atoms. The number of hydrogen-bond donors (Lipinski definition) is 1. The number of halogens is 2. The lowest BCUT2D eigenvalue weighted by Gasteiger charge is -2.13. The van der Waals surface area contributed by atoms with E-state index in [9.17, 15) is 22.4 Å². The molecular formula is C20H17ClFN3O4S2. The molecule has 0 radical (unpaired) electrons. The van der Waals surface area contributed by atoms with E-state index in [0.717, 1.165) is 40.9 Å². The lowest BCUT2D eigenvalue weighted by molar-refractivity contribution is -0.127. The van der Waals surface area contributed by atoms with Gasteiger partial charge in [0.05, 0.1) is 4.90 Å². The van der Waals surface area contributed by atoms with Crippen LogP contribution in [0.15, 0.2) is 70.5 Å². The number of amides is 2. The Morgan fingerprint density at radius 1 is 1.23 bits per heavy atom. The summed E-state index contributed by atoms with van der Waals surface area (Å²) in [4.78, 5) is 26.0. The highest BCUT2D eigenvalue weighted by Crippen LogP contribution is 2.31. The first-order chi connectivity index (χ1) is 14.7. The topological polar surface area (TPSA) is 95.9 Å². The van der Waals surface area contributed by atoms with Crippen molar-refractivity contribution in [2.24, 2.45) is 4.40 Å². The molecule has 1 aliphatic heterocycles. The maximum atomic E-state index is 13.1. The standard InChI is InChI=1S/C20H17ClFN3O4S2/c1-2-11-25-19(27)17(12-18(26)23-15-7-3-13(21)4-8-15)30-20(25)24-31(28,29)16-9-5-14(22)6-10-16/h2-10,17H,1,11-12H2,(H,23,26)/t17-/m0/s1. The Morgan fingerprint density at radius 2 is 1.87 bits per heavy atom. The minimum atomic E-state index is -4.18. The highest BCUT2D eigenvalue weighted by Gasteiger charge is 2.39. The number of nitrogens with one attached hydrogen (secondary N) is 1. The first-order valence-corrected chi connectivity index (χ1v) is 11.6. The summed E-state index contributed by atoms with van der Waals surface area (Å²) >= 11 is 6.69. The van der Waals surface area contributed by atoms with Crippen LogP contribution in [0.4, 0.5) is 10.1 Å². The van der Waals surface area contributed by atoms with E-state index in [1.54, 1.807) is 24.3 Å². The second-order valence-corrected chi connectivity index (χ2v) is 9.62. The van der Waals surface area contributed by atoms with Crippen molar-refractivity contribution in [2.45, 2.75) is 16.6 Å². The smallest absolute Gasteiger partial charge is 0.284 e. The minimum Gasteiger partial charge on any atom is -0.326 e. The van der Waals surface area contributed by atoms with E-state index in [0.29, 0.717) is 10.7 Å². The van der Waals surface area contributed by atoms with Crippen LogP contribution in [0.5, 0.6) is 0 Å². The Kier molecular flexibility index (Phi) is 7.14. The maximum Gasteiger partial charge on any atom is 0.284 e. The van der Waals surface area contributed by atoms with E-state index < -0.39 is 32.9 Å². The molecule has 0 spiro atoms. The van der Waals surface area contributed by atoms with Gasteiger partial charge in [-0.05, 0) is 48.5 Å². The summed E-state index contributed by atoms with van der Waals surface area (Å²) in [7, 11) is -4.18. The molecule has 1 atom stereocenters. The molecule has 1 aliphatic rings. The van der Waals surface area contributed by atoms with Crippen LogP contribution in [-0.4, -0.2) is 42.1 Å². The molecule has 0 aromatic heterocycles. The predicted molar refractivity (Wildman–Crippen MR) is 119 cm³/mol. The van der Waals surface area contributed by atoms with Crippen LogP contribution in [0.3, 0.4) is 0 Å². The van der Waals surface area contributed by atoms with E-state index in [2.05, 4.69) is 16.3 Å². The molecule has 2 amide bonds. The number of thioether (sulfide) groups is 1. The molecule has 1 heterocycles. The summed E-state index contributed by atoms with van der Waals surface area (Å²) in [6.07, 6.45) is 1.24. The van der Waals surface area contributed by atoms with Crippen molar-refractivity contribution in [1.29, 1.82) is 0 Å². The molecule has 2 aromatic carbocycles. The van der Waals surface area contributed by atoms with Gasteiger partial charge in [0.15, 0.2) is 5.17 Å². The zero-order valence-electron chi connectivity index (χ0n) is 16.0. The molecule has 3 rings (SSSR count). The number of anilines is 1. The second-order valence-electron chi connectivity index (χ2n) is 6.41. The quantitative estimate of drug-likeness (QED) is 0.608. The second kappa shape index (κ2) is 9.63. The van der Waals surface area contributed by atoms with E-state index >= 15 is 0 Å². The van der Waals surface area contributed by atoms with Gasteiger partial charge in [-0.2, -0.15) is 8.42 Å². The number of benzene rings is 2. The Hall–Kier alpha value is -2.69. The molecule has 7 nitrogen and oxygen atoms in total. The van der Waals surface area contributed by atoms with E-state index in [1.165, 1.54) is 6.08 Å². The van der Waals surface area contributed by atoms with Gasteiger partial charge in [0, 0.05) is 23.7 Å². The number of hydrogen-bond acceptors (Lipinski definition) is 5. The molecule has 31 heavy (non-hydrogen) atoms. The van der Waals surface area contributed by atoms with Gasteiger partial charge in [0.2, 0.25) is 11.8 Å². The number of amidine groups is 1. The highest BCUT2D eigenvalue weighted by molar-refractivity contribution is 8.16. The van der Waals surface area contributed by atoms with Crippen LogP contribution < -0.4 is 5.32 Å². The number of nitrogens with zero attached hydrogens (tertiary/aromatic N) is 2. The van der Waals surface area contributed by atoms with Crippen molar-refractivity contribution in [3.8, 4) is 0 Å². The van der Waals surface area contributed by atoms with Crippen LogP contribution in [0.25, 0.3) is 0 Å². The van der Waals surface area contributed by atoms with Gasteiger partial charge < -0.3 is 5.32 Å². The molecule has 0 aliphatic carbocycles. The number of carbonyl (C=O) groups is 2. The van der Waals surface area contributed by atoms with Gasteiger partial charge in [-0.15, -0.1) is 11.0 Å². The van der Waals surface area contributed by atoms with Crippen LogP contribution in [0, 0.1) is 5.82 Å². The average Bonchev–Trinajstić information content (AvgIpc) is 2.98. The number of carbonyl (C=O) groups excluding carboxylic acids is 2. The molecule has 1 saturated heterocycles. The van der Waals surface area contributed by atoms with E-state index in [1.807, 2.05) is 0 Å². The third kappa shape index (κ3) is 5.72. The summed E-state index contributed by atoms with van der Waals surface area (Å²) in [5.74, 6) is -1.46. The SMILES string of the molecule is C=CCN1C(=O)[C@H](CC(=O)Nc2ccc(Cl)cc2)SC1=NS(=O)(=O)c1ccc(F)cc1. The fraction of sp³-hybridized carbons (Fsp3) is 0.150. The summed E-state index contributed by atoms with van der Waals surface area (Å²) in [6, 6.07) is 10.7.